The monoisotopic (exact) mass is 340 g/mol. The lowest BCUT2D eigenvalue weighted by Crippen LogP contribution is -2.38. The fourth-order valence-electron chi connectivity index (χ4n) is 3.49. The zero-order valence-corrected chi connectivity index (χ0v) is 14.5. The Balaban J connectivity index is 1.73. The Hall–Kier alpha value is -2.74. The Morgan fingerprint density at radius 3 is 2.80 bits per heavy atom. The summed E-state index contributed by atoms with van der Waals surface area (Å²) in [6.07, 6.45) is 0. The molecule has 1 aliphatic heterocycles. The van der Waals surface area contributed by atoms with Gasteiger partial charge in [-0.05, 0) is 26.0 Å². The minimum absolute atomic E-state index is 0.0235. The molecule has 0 bridgehead atoms. The summed E-state index contributed by atoms with van der Waals surface area (Å²) >= 11 is 0. The standard InChI is InChI=1S/C17H20N6O2/c1-10-6-14(15-11(2)19-21(3)16(15)18-10)17(25)22-4-5-23-13(8-22)7-12(9-24)20-23/h6-7,24H,4-5,8-9H2,1-3H3. The average molecular weight is 340 g/mol. The number of aliphatic hydroxyl groups excluding tert-OH is 1. The molecular formula is C17H20N6O2. The molecule has 0 aromatic carbocycles. The summed E-state index contributed by atoms with van der Waals surface area (Å²) in [7, 11) is 1.84. The summed E-state index contributed by atoms with van der Waals surface area (Å²) in [5.74, 6) is -0.0235. The highest BCUT2D eigenvalue weighted by molar-refractivity contribution is 6.06. The third-order valence-corrected chi connectivity index (χ3v) is 4.62. The van der Waals surface area contributed by atoms with Gasteiger partial charge in [-0.2, -0.15) is 10.2 Å². The molecule has 0 fully saturated rings. The predicted molar refractivity (Wildman–Crippen MR) is 90.9 cm³/mol. The second kappa shape index (κ2) is 5.66. The van der Waals surface area contributed by atoms with Crippen LogP contribution in [0.2, 0.25) is 0 Å². The topological polar surface area (TPSA) is 89.1 Å². The molecule has 0 saturated heterocycles. The van der Waals surface area contributed by atoms with E-state index in [0.29, 0.717) is 30.9 Å². The molecule has 0 saturated carbocycles. The van der Waals surface area contributed by atoms with E-state index in [1.54, 1.807) is 4.68 Å². The van der Waals surface area contributed by atoms with Crippen molar-refractivity contribution in [3.8, 4) is 0 Å². The summed E-state index contributed by atoms with van der Waals surface area (Å²) in [5, 5.41) is 18.8. The number of aliphatic hydroxyl groups is 1. The molecule has 3 aromatic rings. The Kier molecular flexibility index (Phi) is 3.57. The van der Waals surface area contributed by atoms with Crippen molar-refractivity contribution >= 4 is 16.9 Å². The fourth-order valence-corrected chi connectivity index (χ4v) is 3.49. The van der Waals surface area contributed by atoms with Crippen molar-refractivity contribution in [2.75, 3.05) is 6.54 Å². The minimum atomic E-state index is -0.0903. The normalized spacial score (nSPS) is 14.2. The summed E-state index contributed by atoms with van der Waals surface area (Å²) < 4.78 is 3.57. The van der Waals surface area contributed by atoms with E-state index in [1.165, 1.54) is 0 Å². The molecule has 0 unspecified atom stereocenters. The van der Waals surface area contributed by atoms with Gasteiger partial charge in [0.05, 0.1) is 47.7 Å². The first-order valence-corrected chi connectivity index (χ1v) is 8.24. The van der Waals surface area contributed by atoms with Crippen LogP contribution in [0.4, 0.5) is 0 Å². The van der Waals surface area contributed by atoms with Crippen LogP contribution in [-0.4, -0.2) is 47.0 Å². The summed E-state index contributed by atoms with van der Waals surface area (Å²) in [5.41, 5.74) is 4.54. The Morgan fingerprint density at radius 2 is 2.04 bits per heavy atom. The van der Waals surface area contributed by atoms with E-state index < -0.39 is 0 Å². The molecule has 25 heavy (non-hydrogen) atoms. The van der Waals surface area contributed by atoms with Gasteiger partial charge >= 0.3 is 0 Å². The Morgan fingerprint density at radius 1 is 1.24 bits per heavy atom. The van der Waals surface area contributed by atoms with Gasteiger partial charge in [0.2, 0.25) is 0 Å². The van der Waals surface area contributed by atoms with E-state index in [1.807, 2.05) is 42.6 Å². The quantitative estimate of drug-likeness (QED) is 0.750. The number of carbonyl (C=O) groups is 1. The van der Waals surface area contributed by atoms with Crippen LogP contribution in [0.15, 0.2) is 12.1 Å². The second-order valence-electron chi connectivity index (χ2n) is 6.45. The van der Waals surface area contributed by atoms with E-state index in [9.17, 15) is 9.90 Å². The van der Waals surface area contributed by atoms with Crippen LogP contribution in [-0.2, 0) is 26.7 Å². The van der Waals surface area contributed by atoms with Crippen molar-refractivity contribution in [3.05, 3.63) is 40.5 Å². The van der Waals surface area contributed by atoms with Crippen molar-refractivity contribution in [3.63, 3.8) is 0 Å². The molecule has 8 nitrogen and oxygen atoms in total. The van der Waals surface area contributed by atoms with Gasteiger partial charge in [0.15, 0.2) is 5.65 Å². The molecule has 4 heterocycles. The molecule has 4 rings (SSSR count). The number of nitrogens with zero attached hydrogens (tertiary/aromatic N) is 6. The first kappa shape index (κ1) is 15.8. The molecule has 130 valence electrons. The summed E-state index contributed by atoms with van der Waals surface area (Å²) in [6.45, 7) is 5.38. The van der Waals surface area contributed by atoms with Crippen LogP contribution in [0.1, 0.15) is 33.1 Å². The lowest BCUT2D eigenvalue weighted by Gasteiger charge is -2.28. The van der Waals surface area contributed by atoms with E-state index in [2.05, 4.69) is 15.2 Å². The van der Waals surface area contributed by atoms with E-state index in [-0.39, 0.29) is 12.5 Å². The maximum atomic E-state index is 13.2. The zero-order chi connectivity index (χ0) is 17.7. The molecule has 1 aliphatic rings. The molecular weight excluding hydrogens is 320 g/mol. The van der Waals surface area contributed by atoms with Gasteiger partial charge < -0.3 is 10.0 Å². The third kappa shape index (κ3) is 2.49. The van der Waals surface area contributed by atoms with E-state index in [0.717, 1.165) is 28.1 Å². The van der Waals surface area contributed by atoms with Crippen LogP contribution < -0.4 is 0 Å². The molecule has 0 aliphatic carbocycles. The summed E-state index contributed by atoms with van der Waals surface area (Å²) in [6, 6.07) is 3.69. The lowest BCUT2D eigenvalue weighted by molar-refractivity contribution is 0.0707. The molecule has 8 heteroatoms. The number of hydrogen-bond acceptors (Lipinski definition) is 5. The van der Waals surface area contributed by atoms with Crippen molar-refractivity contribution in [1.29, 1.82) is 0 Å². The lowest BCUT2D eigenvalue weighted by atomic mass is 10.1. The van der Waals surface area contributed by atoms with Crippen LogP contribution >= 0.6 is 0 Å². The molecule has 0 spiro atoms. The number of fused-ring (bicyclic) bond motifs is 2. The summed E-state index contributed by atoms with van der Waals surface area (Å²) in [4.78, 5) is 19.5. The van der Waals surface area contributed by atoms with Gasteiger partial charge in [-0.25, -0.2) is 4.98 Å². The second-order valence-corrected chi connectivity index (χ2v) is 6.45. The highest BCUT2D eigenvalue weighted by Crippen LogP contribution is 2.24. The smallest absolute Gasteiger partial charge is 0.255 e. The van der Waals surface area contributed by atoms with Crippen LogP contribution in [0.5, 0.6) is 0 Å². The van der Waals surface area contributed by atoms with E-state index in [4.69, 9.17) is 0 Å². The highest BCUT2D eigenvalue weighted by Gasteiger charge is 2.26. The number of rotatable bonds is 2. The van der Waals surface area contributed by atoms with Gasteiger partial charge in [-0.1, -0.05) is 0 Å². The highest BCUT2D eigenvalue weighted by atomic mass is 16.3. The number of aryl methyl sites for hydroxylation is 3. The molecule has 3 aromatic heterocycles. The fraction of sp³-hybridized carbons (Fsp3) is 0.412. The van der Waals surface area contributed by atoms with Crippen LogP contribution in [0.3, 0.4) is 0 Å². The molecule has 0 atom stereocenters. The maximum absolute atomic E-state index is 13.2. The van der Waals surface area contributed by atoms with Gasteiger partial charge in [0.1, 0.15) is 0 Å². The number of amides is 1. The molecule has 1 N–H and O–H groups in total. The van der Waals surface area contributed by atoms with Crippen LogP contribution in [0.25, 0.3) is 11.0 Å². The maximum Gasteiger partial charge on any atom is 0.255 e. The van der Waals surface area contributed by atoms with E-state index >= 15 is 0 Å². The Bertz CT molecular complexity index is 987. The van der Waals surface area contributed by atoms with Crippen molar-refractivity contribution in [2.24, 2.45) is 7.05 Å². The molecule has 1 amide bonds. The van der Waals surface area contributed by atoms with Gasteiger partial charge in [0.25, 0.3) is 5.91 Å². The number of pyridine rings is 1. The van der Waals surface area contributed by atoms with Crippen molar-refractivity contribution < 1.29 is 9.90 Å². The zero-order valence-electron chi connectivity index (χ0n) is 14.5. The van der Waals surface area contributed by atoms with Crippen molar-refractivity contribution in [1.82, 2.24) is 29.4 Å². The SMILES string of the molecule is Cc1cc(C(=O)N2CCn3nc(CO)cc3C2)c2c(C)nn(C)c2n1. The van der Waals surface area contributed by atoms with Crippen LogP contribution in [0, 0.1) is 13.8 Å². The average Bonchev–Trinajstić information content (AvgIpc) is 3.13. The van der Waals surface area contributed by atoms with Gasteiger partial charge in [-0.3, -0.25) is 14.2 Å². The first-order valence-electron chi connectivity index (χ1n) is 8.24. The first-order chi connectivity index (χ1) is 12.0. The third-order valence-electron chi connectivity index (χ3n) is 4.62. The number of aromatic nitrogens is 5. The largest absolute Gasteiger partial charge is 0.390 e. The minimum Gasteiger partial charge on any atom is -0.390 e. The van der Waals surface area contributed by atoms with Gasteiger partial charge in [-0.15, -0.1) is 0 Å². The molecule has 0 radical (unpaired) electrons. The van der Waals surface area contributed by atoms with Crippen molar-refractivity contribution in [2.45, 2.75) is 33.5 Å². The number of hydrogen-bond donors (Lipinski definition) is 1. The Labute approximate surface area is 144 Å². The number of carbonyl (C=O) groups excluding carboxylic acids is 1. The van der Waals surface area contributed by atoms with Gasteiger partial charge in [0, 0.05) is 19.3 Å². The predicted octanol–water partition coefficient (Wildman–Crippen LogP) is 0.930.